The number of nitrogens with one attached hydrogen (secondary N) is 1. The lowest BCUT2D eigenvalue weighted by atomic mass is 10.1. The first-order valence-electron chi connectivity index (χ1n) is 6.50. The summed E-state index contributed by atoms with van der Waals surface area (Å²) < 4.78 is 26.9. The van der Waals surface area contributed by atoms with Crippen molar-refractivity contribution in [1.82, 2.24) is 9.97 Å². The zero-order chi connectivity index (χ0) is 15.0. The number of hydrogen-bond donors (Lipinski definition) is 1. The van der Waals surface area contributed by atoms with Crippen molar-refractivity contribution >= 4 is 16.7 Å². The summed E-state index contributed by atoms with van der Waals surface area (Å²) in [6.07, 6.45) is 0. The van der Waals surface area contributed by atoms with Crippen LogP contribution in [0.5, 0.6) is 0 Å². The van der Waals surface area contributed by atoms with Crippen LogP contribution < -0.4 is 5.32 Å². The van der Waals surface area contributed by atoms with Gasteiger partial charge in [0.1, 0.15) is 17.5 Å². The molecule has 0 saturated carbocycles. The first-order valence-corrected chi connectivity index (χ1v) is 6.50. The molecule has 1 heterocycles. The van der Waals surface area contributed by atoms with Gasteiger partial charge < -0.3 is 5.32 Å². The second kappa shape index (κ2) is 5.09. The smallest absolute Gasteiger partial charge is 0.162 e. The minimum absolute atomic E-state index is 0.357. The summed E-state index contributed by atoms with van der Waals surface area (Å²) in [5, 5.41) is 3.69. The summed E-state index contributed by atoms with van der Waals surface area (Å²) in [6, 6.07) is 8.77. The number of rotatable bonds is 2. The van der Waals surface area contributed by atoms with Crippen LogP contribution in [0.15, 0.2) is 36.4 Å². The predicted octanol–water partition coefficient (Wildman–Crippen LogP) is 3.93. The molecule has 0 aliphatic rings. The van der Waals surface area contributed by atoms with Crippen LogP contribution >= 0.6 is 0 Å². The fourth-order valence-electron chi connectivity index (χ4n) is 2.25. The van der Waals surface area contributed by atoms with E-state index in [1.54, 1.807) is 19.2 Å². The normalized spacial score (nSPS) is 10.9. The van der Waals surface area contributed by atoms with Gasteiger partial charge in [-0.05, 0) is 36.8 Å². The highest BCUT2D eigenvalue weighted by Crippen LogP contribution is 2.27. The highest BCUT2D eigenvalue weighted by atomic mass is 19.1. The third-order valence-electron chi connectivity index (χ3n) is 3.34. The van der Waals surface area contributed by atoms with Gasteiger partial charge in [0.15, 0.2) is 5.82 Å². The zero-order valence-corrected chi connectivity index (χ0v) is 11.6. The van der Waals surface area contributed by atoms with Crippen molar-refractivity contribution < 1.29 is 8.78 Å². The number of aryl methyl sites for hydroxylation is 1. The fraction of sp³-hybridized carbons (Fsp3) is 0.125. The molecule has 3 aromatic rings. The molecule has 1 aromatic heterocycles. The van der Waals surface area contributed by atoms with E-state index in [9.17, 15) is 8.78 Å². The molecule has 0 bridgehead atoms. The average molecular weight is 285 g/mol. The van der Waals surface area contributed by atoms with Gasteiger partial charge in [0.25, 0.3) is 0 Å². The van der Waals surface area contributed by atoms with Gasteiger partial charge in [0.2, 0.25) is 0 Å². The molecule has 1 N–H and O–H groups in total. The maximum absolute atomic E-state index is 13.5. The molecule has 3 nitrogen and oxygen atoms in total. The molecule has 0 spiro atoms. The molecule has 2 aromatic carbocycles. The Morgan fingerprint density at radius 2 is 1.67 bits per heavy atom. The molecule has 0 saturated heterocycles. The fourth-order valence-corrected chi connectivity index (χ4v) is 2.25. The largest absolute Gasteiger partial charge is 0.373 e. The van der Waals surface area contributed by atoms with E-state index in [0.717, 1.165) is 10.9 Å². The number of benzene rings is 2. The Labute approximate surface area is 120 Å². The highest BCUT2D eigenvalue weighted by Gasteiger charge is 2.12. The average Bonchev–Trinajstić information content (AvgIpc) is 2.48. The van der Waals surface area contributed by atoms with Gasteiger partial charge in [-0.3, -0.25) is 0 Å². The molecule has 0 radical (unpaired) electrons. The van der Waals surface area contributed by atoms with E-state index < -0.39 is 0 Å². The second-order valence-electron chi connectivity index (χ2n) is 4.77. The maximum Gasteiger partial charge on any atom is 0.162 e. The van der Waals surface area contributed by atoms with E-state index in [1.807, 2.05) is 6.92 Å². The summed E-state index contributed by atoms with van der Waals surface area (Å²) in [7, 11) is 1.73. The number of anilines is 1. The number of fused-ring (bicyclic) bond motifs is 1. The quantitative estimate of drug-likeness (QED) is 0.775. The first kappa shape index (κ1) is 13.4. The first-order chi connectivity index (χ1) is 10.1. The van der Waals surface area contributed by atoms with Gasteiger partial charge in [0, 0.05) is 24.1 Å². The van der Waals surface area contributed by atoms with Crippen LogP contribution in [-0.2, 0) is 0 Å². The topological polar surface area (TPSA) is 37.8 Å². The molecule has 5 heteroatoms. The van der Waals surface area contributed by atoms with Crippen molar-refractivity contribution in [2.45, 2.75) is 6.92 Å². The minimum atomic E-state index is -0.370. The molecule has 0 amide bonds. The van der Waals surface area contributed by atoms with Crippen LogP contribution in [0.25, 0.3) is 22.3 Å². The second-order valence-corrected chi connectivity index (χ2v) is 4.77. The Morgan fingerprint density at radius 3 is 2.43 bits per heavy atom. The van der Waals surface area contributed by atoms with E-state index in [2.05, 4.69) is 15.3 Å². The molecular formula is C16H13F2N3. The van der Waals surface area contributed by atoms with Crippen LogP contribution in [0.1, 0.15) is 5.56 Å². The van der Waals surface area contributed by atoms with Crippen LogP contribution in [0.3, 0.4) is 0 Å². The summed E-state index contributed by atoms with van der Waals surface area (Å²) in [6.45, 7) is 1.85. The monoisotopic (exact) mass is 285 g/mol. The van der Waals surface area contributed by atoms with Gasteiger partial charge in [-0.1, -0.05) is 6.07 Å². The minimum Gasteiger partial charge on any atom is -0.373 e. The molecular weight excluding hydrogens is 272 g/mol. The van der Waals surface area contributed by atoms with Crippen LogP contribution in [0, 0.1) is 18.6 Å². The summed E-state index contributed by atoms with van der Waals surface area (Å²) in [5.41, 5.74) is 1.93. The zero-order valence-electron chi connectivity index (χ0n) is 11.6. The van der Waals surface area contributed by atoms with E-state index in [0.29, 0.717) is 22.7 Å². The third kappa shape index (κ3) is 2.42. The number of nitrogens with zero attached hydrogens (tertiary/aromatic N) is 2. The van der Waals surface area contributed by atoms with E-state index in [1.165, 1.54) is 24.3 Å². The van der Waals surface area contributed by atoms with E-state index >= 15 is 0 Å². The van der Waals surface area contributed by atoms with Gasteiger partial charge in [0.05, 0.1) is 5.52 Å². The van der Waals surface area contributed by atoms with Crippen molar-refractivity contribution in [3.05, 3.63) is 53.6 Å². The van der Waals surface area contributed by atoms with Gasteiger partial charge in [-0.2, -0.15) is 0 Å². The standard InChI is InChI=1S/C16H13F2N3/c1-9-3-4-10(17)7-13(9)16-20-14-8-11(18)5-6-12(14)15(19-2)21-16/h3-8H,1-2H3,(H,19,20,21). The van der Waals surface area contributed by atoms with Crippen molar-refractivity contribution in [3.8, 4) is 11.4 Å². The molecule has 0 atom stereocenters. The number of halogens is 2. The van der Waals surface area contributed by atoms with Crippen molar-refractivity contribution in [2.75, 3.05) is 12.4 Å². The lowest BCUT2D eigenvalue weighted by molar-refractivity contribution is 0.627. The molecule has 106 valence electrons. The Bertz CT molecular complexity index is 831. The lowest BCUT2D eigenvalue weighted by Crippen LogP contribution is -2.00. The summed E-state index contributed by atoms with van der Waals surface area (Å²) >= 11 is 0. The summed E-state index contributed by atoms with van der Waals surface area (Å²) in [4.78, 5) is 8.77. The molecule has 0 fully saturated rings. The molecule has 0 unspecified atom stereocenters. The molecule has 0 aliphatic carbocycles. The van der Waals surface area contributed by atoms with Crippen molar-refractivity contribution in [3.63, 3.8) is 0 Å². The van der Waals surface area contributed by atoms with Crippen LogP contribution in [0.2, 0.25) is 0 Å². The van der Waals surface area contributed by atoms with Gasteiger partial charge in [-0.15, -0.1) is 0 Å². The highest BCUT2D eigenvalue weighted by molar-refractivity contribution is 5.90. The summed E-state index contributed by atoms with van der Waals surface area (Å²) in [5.74, 6) is 0.225. The van der Waals surface area contributed by atoms with E-state index in [-0.39, 0.29) is 11.6 Å². The third-order valence-corrected chi connectivity index (χ3v) is 3.34. The Balaban J connectivity index is 2.30. The number of aromatic nitrogens is 2. The van der Waals surface area contributed by atoms with E-state index in [4.69, 9.17) is 0 Å². The lowest BCUT2D eigenvalue weighted by Gasteiger charge is -2.10. The SMILES string of the molecule is CNc1nc(-c2cc(F)ccc2C)nc2cc(F)ccc12. The van der Waals surface area contributed by atoms with Gasteiger partial charge in [-0.25, -0.2) is 18.7 Å². The Hall–Kier alpha value is -2.56. The molecule has 21 heavy (non-hydrogen) atoms. The van der Waals surface area contributed by atoms with Crippen molar-refractivity contribution in [1.29, 1.82) is 0 Å². The Morgan fingerprint density at radius 1 is 0.952 bits per heavy atom. The Kier molecular flexibility index (Phi) is 3.25. The molecule has 3 rings (SSSR count). The van der Waals surface area contributed by atoms with Crippen molar-refractivity contribution in [2.24, 2.45) is 0 Å². The predicted molar refractivity (Wildman–Crippen MR) is 79.2 cm³/mol. The maximum atomic E-state index is 13.5. The van der Waals surface area contributed by atoms with Crippen LogP contribution in [-0.4, -0.2) is 17.0 Å². The van der Waals surface area contributed by atoms with Gasteiger partial charge >= 0.3 is 0 Å². The molecule has 0 aliphatic heterocycles. The number of hydrogen-bond acceptors (Lipinski definition) is 3. The van der Waals surface area contributed by atoms with Crippen LogP contribution in [0.4, 0.5) is 14.6 Å².